The van der Waals surface area contributed by atoms with Crippen molar-refractivity contribution in [3.63, 3.8) is 0 Å². The van der Waals surface area contributed by atoms with E-state index in [1.54, 1.807) is 20.8 Å². The SMILES string of the molecule is COC(=O)[C@@H]1C[C@H](O)C(C)CN1C(=O)OC(C)(C)C. The molecule has 1 aliphatic rings. The lowest BCUT2D eigenvalue weighted by Gasteiger charge is -2.39. The normalized spacial score (nSPS) is 27.9. The number of aliphatic hydroxyl groups excluding tert-OH is 1. The summed E-state index contributed by atoms with van der Waals surface area (Å²) in [6.07, 6.45) is -1.00. The van der Waals surface area contributed by atoms with E-state index in [1.807, 2.05) is 6.92 Å². The Hall–Kier alpha value is -1.30. The zero-order valence-corrected chi connectivity index (χ0v) is 12.2. The number of esters is 1. The second-order valence-electron chi connectivity index (χ2n) is 5.95. The van der Waals surface area contributed by atoms with Crippen molar-refractivity contribution in [1.29, 1.82) is 0 Å². The van der Waals surface area contributed by atoms with E-state index in [2.05, 4.69) is 4.74 Å². The second kappa shape index (κ2) is 5.77. The molecule has 0 aromatic heterocycles. The monoisotopic (exact) mass is 273 g/mol. The number of piperidine rings is 1. The molecule has 1 heterocycles. The average Bonchev–Trinajstić information content (AvgIpc) is 2.28. The van der Waals surface area contributed by atoms with Crippen molar-refractivity contribution in [1.82, 2.24) is 4.90 Å². The lowest BCUT2D eigenvalue weighted by Crippen LogP contribution is -2.55. The van der Waals surface area contributed by atoms with Crippen molar-refractivity contribution in [2.45, 2.75) is 51.9 Å². The van der Waals surface area contributed by atoms with E-state index in [9.17, 15) is 14.7 Å². The summed E-state index contributed by atoms with van der Waals surface area (Å²) in [5.41, 5.74) is -0.628. The number of carbonyl (C=O) groups is 2. The molecule has 110 valence electrons. The van der Waals surface area contributed by atoms with Gasteiger partial charge in [0, 0.05) is 13.0 Å². The van der Waals surface area contributed by atoms with E-state index in [0.717, 1.165) is 0 Å². The first-order valence-corrected chi connectivity index (χ1v) is 6.41. The minimum Gasteiger partial charge on any atom is -0.467 e. The van der Waals surface area contributed by atoms with Crippen LogP contribution in [0, 0.1) is 5.92 Å². The molecular weight excluding hydrogens is 250 g/mol. The van der Waals surface area contributed by atoms with Gasteiger partial charge in [-0.3, -0.25) is 4.90 Å². The quantitative estimate of drug-likeness (QED) is 0.726. The number of hydrogen-bond donors (Lipinski definition) is 1. The Morgan fingerprint density at radius 1 is 1.32 bits per heavy atom. The molecule has 1 N–H and O–H groups in total. The van der Waals surface area contributed by atoms with Crippen LogP contribution in [0.25, 0.3) is 0 Å². The van der Waals surface area contributed by atoms with Crippen LogP contribution < -0.4 is 0 Å². The third kappa shape index (κ3) is 4.09. The van der Waals surface area contributed by atoms with Gasteiger partial charge < -0.3 is 14.6 Å². The molecule has 1 rings (SSSR count). The number of aliphatic hydroxyl groups is 1. The summed E-state index contributed by atoms with van der Waals surface area (Å²) in [6.45, 7) is 7.40. The number of carbonyl (C=O) groups excluding carboxylic acids is 2. The molecule has 1 unspecified atom stereocenters. The van der Waals surface area contributed by atoms with Crippen molar-refractivity contribution in [3.8, 4) is 0 Å². The van der Waals surface area contributed by atoms with Crippen molar-refractivity contribution in [3.05, 3.63) is 0 Å². The predicted octanol–water partition coefficient (Wildman–Crippen LogP) is 1.17. The Bertz CT molecular complexity index is 349. The van der Waals surface area contributed by atoms with Gasteiger partial charge in [-0.15, -0.1) is 0 Å². The predicted molar refractivity (Wildman–Crippen MR) is 68.5 cm³/mol. The number of nitrogens with zero attached hydrogens (tertiary/aromatic N) is 1. The van der Waals surface area contributed by atoms with Crippen LogP contribution in [-0.2, 0) is 14.3 Å². The van der Waals surface area contributed by atoms with E-state index in [-0.39, 0.29) is 18.9 Å². The van der Waals surface area contributed by atoms with E-state index >= 15 is 0 Å². The number of amides is 1. The molecule has 0 spiro atoms. The smallest absolute Gasteiger partial charge is 0.411 e. The van der Waals surface area contributed by atoms with Crippen molar-refractivity contribution in [2.24, 2.45) is 5.92 Å². The summed E-state index contributed by atoms with van der Waals surface area (Å²) in [6, 6.07) is -0.786. The lowest BCUT2D eigenvalue weighted by atomic mass is 9.91. The van der Waals surface area contributed by atoms with Crippen molar-refractivity contribution >= 4 is 12.1 Å². The maximum absolute atomic E-state index is 12.1. The molecule has 0 radical (unpaired) electrons. The van der Waals surface area contributed by atoms with Gasteiger partial charge in [0.25, 0.3) is 0 Å². The van der Waals surface area contributed by atoms with Gasteiger partial charge in [0.15, 0.2) is 0 Å². The van der Waals surface area contributed by atoms with Crippen LogP contribution in [0.4, 0.5) is 4.79 Å². The van der Waals surface area contributed by atoms with Crippen molar-refractivity contribution in [2.75, 3.05) is 13.7 Å². The van der Waals surface area contributed by atoms with Gasteiger partial charge in [0.1, 0.15) is 11.6 Å². The zero-order chi connectivity index (χ0) is 14.8. The minimum atomic E-state index is -0.786. The fraction of sp³-hybridized carbons (Fsp3) is 0.846. The van der Waals surface area contributed by atoms with Gasteiger partial charge in [-0.05, 0) is 26.7 Å². The van der Waals surface area contributed by atoms with E-state index in [4.69, 9.17) is 4.74 Å². The Labute approximate surface area is 113 Å². The first-order chi connectivity index (χ1) is 8.65. The fourth-order valence-corrected chi connectivity index (χ4v) is 2.03. The van der Waals surface area contributed by atoms with Crippen LogP contribution in [0.15, 0.2) is 0 Å². The average molecular weight is 273 g/mol. The van der Waals surface area contributed by atoms with Gasteiger partial charge in [-0.1, -0.05) is 6.92 Å². The molecule has 1 saturated heterocycles. The lowest BCUT2D eigenvalue weighted by molar-refractivity contribution is -0.151. The molecule has 6 nitrogen and oxygen atoms in total. The van der Waals surface area contributed by atoms with Gasteiger partial charge in [-0.2, -0.15) is 0 Å². The van der Waals surface area contributed by atoms with Crippen LogP contribution in [0.3, 0.4) is 0 Å². The molecule has 0 bridgehead atoms. The molecule has 1 aliphatic heterocycles. The van der Waals surface area contributed by atoms with Gasteiger partial charge in [0.05, 0.1) is 13.2 Å². The molecule has 0 aromatic carbocycles. The van der Waals surface area contributed by atoms with E-state index < -0.39 is 29.8 Å². The molecule has 3 atom stereocenters. The summed E-state index contributed by atoms with van der Waals surface area (Å²) in [7, 11) is 1.26. The minimum absolute atomic E-state index is 0.103. The van der Waals surface area contributed by atoms with Crippen LogP contribution in [-0.4, -0.2) is 53.5 Å². The maximum Gasteiger partial charge on any atom is 0.411 e. The molecule has 19 heavy (non-hydrogen) atoms. The number of methoxy groups -OCH3 is 1. The highest BCUT2D eigenvalue weighted by Gasteiger charge is 2.41. The molecule has 0 aliphatic carbocycles. The van der Waals surface area contributed by atoms with Crippen LogP contribution in [0.2, 0.25) is 0 Å². The molecule has 1 amide bonds. The fourth-order valence-electron chi connectivity index (χ4n) is 2.03. The van der Waals surface area contributed by atoms with Crippen LogP contribution in [0.1, 0.15) is 34.1 Å². The summed E-state index contributed by atoms with van der Waals surface area (Å²) in [4.78, 5) is 25.2. The Morgan fingerprint density at radius 2 is 1.89 bits per heavy atom. The second-order valence-corrected chi connectivity index (χ2v) is 5.95. The summed E-state index contributed by atoms with van der Waals surface area (Å²) >= 11 is 0. The maximum atomic E-state index is 12.1. The van der Waals surface area contributed by atoms with E-state index in [0.29, 0.717) is 0 Å². The summed E-state index contributed by atoms with van der Waals surface area (Å²) < 4.78 is 9.97. The third-order valence-corrected chi connectivity index (χ3v) is 3.08. The zero-order valence-electron chi connectivity index (χ0n) is 12.2. The highest BCUT2D eigenvalue weighted by Crippen LogP contribution is 2.25. The standard InChI is InChI=1S/C13H23NO5/c1-8-7-14(12(17)19-13(2,3)4)9(6-10(8)15)11(16)18-5/h8-10,15H,6-7H2,1-5H3/t8?,9-,10-/m0/s1. The first kappa shape index (κ1) is 15.8. The van der Waals surface area contributed by atoms with Gasteiger partial charge in [0.2, 0.25) is 0 Å². The number of rotatable bonds is 1. The largest absolute Gasteiger partial charge is 0.467 e. The number of hydrogen-bond acceptors (Lipinski definition) is 5. The Kier molecular flexibility index (Phi) is 4.79. The first-order valence-electron chi connectivity index (χ1n) is 6.41. The van der Waals surface area contributed by atoms with Gasteiger partial charge >= 0.3 is 12.1 Å². The topological polar surface area (TPSA) is 76.1 Å². The van der Waals surface area contributed by atoms with Gasteiger partial charge in [-0.25, -0.2) is 9.59 Å². The highest BCUT2D eigenvalue weighted by molar-refractivity contribution is 5.81. The van der Waals surface area contributed by atoms with Crippen LogP contribution in [0.5, 0.6) is 0 Å². The third-order valence-electron chi connectivity index (χ3n) is 3.08. The molecule has 6 heteroatoms. The van der Waals surface area contributed by atoms with Crippen LogP contribution >= 0.6 is 0 Å². The number of likely N-dealkylation sites (tertiary alicyclic amines) is 1. The molecule has 1 fully saturated rings. The molecule has 0 aromatic rings. The molecule has 0 saturated carbocycles. The Morgan fingerprint density at radius 3 is 2.37 bits per heavy atom. The number of ether oxygens (including phenoxy) is 2. The molecular formula is C13H23NO5. The summed E-state index contributed by atoms with van der Waals surface area (Å²) in [5.74, 6) is -0.634. The van der Waals surface area contributed by atoms with E-state index in [1.165, 1.54) is 12.0 Å². The highest BCUT2D eigenvalue weighted by atomic mass is 16.6. The summed E-state index contributed by atoms with van der Waals surface area (Å²) in [5, 5.41) is 9.84. The Balaban J connectivity index is 2.86. The van der Waals surface area contributed by atoms with Crippen molar-refractivity contribution < 1.29 is 24.2 Å².